The van der Waals surface area contributed by atoms with E-state index in [2.05, 4.69) is 9.97 Å². The molecule has 1 amide bonds. The zero-order chi connectivity index (χ0) is 36.5. The quantitative estimate of drug-likeness (QED) is 0.148. The Hall–Kier alpha value is -6.05. The number of pyridine rings is 2. The van der Waals surface area contributed by atoms with E-state index < -0.39 is 19.7 Å². The fourth-order valence-electron chi connectivity index (χ4n) is 5.96. The first kappa shape index (κ1) is 34.4. The Labute approximate surface area is 300 Å². The number of hydrogen-bond acceptors (Lipinski definition) is 9. The Bertz CT molecular complexity index is 2650. The van der Waals surface area contributed by atoms with Crippen molar-refractivity contribution < 1.29 is 31.1 Å². The largest absolute Gasteiger partial charge is 0.497 e. The van der Waals surface area contributed by atoms with Crippen LogP contribution in [0.1, 0.15) is 21.5 Å². The van der Waals surface area contributed by atoms with Crippen molar-refractivity contribution in [2.75, 3.05) is 14.2 Å². The summed E-state index contributed by atoms with van der Waals surface area (Å²) in [6.07, 6.45) is 6.65. The van der Waals surface area contributed by atoms with Crippen molar-refractivity contribution in [2.24, 2.45) is 0 Å². The van der Waals surface area contributed by atoms with Crippen molar-refractivity contribution in [1.82, 2.24) is 19.3 Å². The van der Waals surface area contributed by atoms with E-state index in [9.17, 15) is 21.6 Å². The maximum Gasteiger partial charge on any atom is 0.255 e. The van der Waals surface area contributed by atoms with Crippen LogP contribution < -0.4 is 9.47 Å². The number of fused-ring (bicyclic) bond motifs is 2. The first-order valence-electron chi connectivity index (χ1n) is 16.0. The zero-order valence-electron chi connectivity index (χ0n) is 28.1. The van der Waals surface area contributed by atoms with Crippen LogP contribution in [0.5, 0.6) is 11.5 Å². The molecule has 4 aromatic carbocycles. The Morgan fingerprint density at radius 3 is 2.00 bits per heavy atom. The molecule has 0 fully saturated rings. The molecule has 0 unspecified atom stereocenters. The van der Waals surface area contributed by atoms with Crippen LogP contribution in [-0.2, 0) is 32.8 Å². The lowest BCUT2D eigenvalue weighted by Gasteiger charge is -2.24. The first-order valence-corrected chi connectivity index (χ1v) is 19.0. The summed E-state index contributed by atoms with van der Waals surface area (Å²) in [4.78, 5) is 24.5. The molecule has 0 bridgehead atoms. The number of ether oxygens (including phenoxy) is 2. The van der Waals surface area contributed by atoms with E-state index in [0.29, 0.717) is 39.0 Å². The summed E-state index contributed by atoms with van der Waals surface area (Å²) in [5, 5.41) is 0.717. The van der Waals surface area contributed by atoms with Gasteiger partial charge >= 0.3 is 0 Å². The highest BCUT2D eigenvalue weighted by molar-refractivity contribution is 7.92. The number of aromatic nitrogens is 3. The van der Waals surface area contributed by atoms with E-state index in [1.165, 1.54) is 50.6 Å². The van der Waals surface area contributed by atoms with Crippen LogP contribution in [0.25, 0.3) is 16.6 Å². The molecule has 0 atom stereocenters. The Kier molecular flexibility index (Phi) is 9.22. The zero-order valence-corrected chi connectivity index (χ0v) is 29.7. The third-order valence-electron chi connectivity index (χ3n) is 8.68. The van der Waals surface area contributed by atoms with Crippen LogP contribution in [0.2, 0.25) is 0 Å². The molecule has 11 nitrogen and oxygen atoms in total. The molecule has 0 aliphatic rings. The molecule has 3 aromatic heterocycles. The highest BCUT2D eigenvalue weighted by Gasteiger charge is 2.25. The molecule has 0 N–H and O–H groups in total. The van der Waals surface area contributed by atoms with E-state index in [1.54, 1.807) is 94.8 Å². The van der Waals surface area contributed by atoms with Gasteiger partial charge in [-0.25, -0.2) is 21.8 Å². The molecule has 7 rings (SSSR count). The van der Waals surface area contributed by atoms with Crippen LogP contribution in [0.3, 0.4) is 0 Å². The molecule has 52 heavy (non-hydrogen) atoms. The summed E-state index contributed by atoms with van der Waals surface area (Å²) in [5.41, 5.74) is 2.86. The predicted octanol–water partition coefficient (Wildman–Crippen LogP) is 6.41. The normalized spacial score (nSPS) is 11.8. The summed E-state index contributed by atoms with van der Waals surface area (Å²) in [6.45, 7) is 0.267. The van der Waals surface area contributed by atoms with Gasteiger partial charge in [-0.15, -0.1) is 0 Å². The molecule has 0 aliphatic carbocycles. The van der Waals surface area contributed by atoms with Crippen molar-refractivity contribution in [3.05, 3.63) is 151 Å². The molecule has 3 heterocycles. The number of benzene rings is 4. The minimum Gasteiger partial charge on any atom is -0.497 e. The minimum absolute atomic E-state index is 0.0315. The van der Waals surface area contributed by atoms with Crippen LogP contribution in [0, 0.1) is 0 Å². The summed E-state index contributed by atoms with van der Waals surface area (Å²) in [5.74, 6) is 0.270. The molecule has 0 radical (unpaired) electrons. The number of carbonyl (C=O) groups excluding carboxylic acids is 1. The van der Waals surface area contributed by atoms with E-state index in [0.717, 1.165) is 0 Å². The molecular weight excluding hydrogens is 701 g/mol. The van der Waals surface area contributed by atoms with Crippen molar-refractivity contribution in [3.8, 4) is 11.5 Å². The van der Waals surface area contributed by atoms with Crippen LogP contribution >= 0.6 is 0 Å². The van der Waals surface area contributed by atoms with E-state index in [4.69, 9.17) is 9.47 Å². The predicted molar refractivity (Wildman–Crippen MR) is 194 cm³/mol. The Morgan fingerprint density at radius 2 is 1.35 bits per heavy atom. The van der Waals surface area contributed by atoms with Gasteiger partial charge < -0.3 is 18.8 Å². The topological polar surface area (TPSA) is 137 Å². The van der Waals surface area contributed by atoms with Crippen LogP contribution in [0.15, 0.2) is 154 Å². The van der Waals surface area contributed by atoms with Gasteiger partial charge in [0, 0.05) is 49.3 Å². The smallest absolute Gasteiger partial charge is 0.255 e. The maximum absolute atomic E-state index is 14.1. The highest BCUT2D eigenvalue weighted by Crippen LogP contribution is 2.33. The number of amides is 1. The fourth-order valence-corrected chi connectivity index (χ4v) is 8.83. The van der Waals surface area contributed by atoms with Crippen LogP contribution in [-0.4, -0.2) is 56.2 Å². The molecule has 0 aliphatic heterocycles. The lowest BCUT2D eigenvalue weighted by Crippen LogP contribution is -2.30. The highest BCUT2D eigenvalue weighted by atomic mass is 32.2. The van der Waals surface area contributed by atoms with Gasteiger partial charge in [0.15, 0.2) is 0 Å². The maximum atomic E-state index is 14.1. The van der Waals surface area contributed by atoms with Crippen molar-refractivity contribution in [1.29, 1.82) is 0 Å². The second-order valence-corrected chi connectivity index (χ2v) is 15.8. The number of carbonyl (C=O) groups is 1. The average Bonchev–Trinajstić information content (AvgIpc) is 3.65. The van der Waals surface area contributed by atoms with Gasteiger partial charge in [0.25, 0.3) is 5.91 Å². The molecular formula is C39H32N4O7S2. The third-order valence-corrected chi connectivity index (χ3v) is 12.3. The van der Waals surface area contributed by atoms with Gasteiger partial charge in [-0.1, -0.05) is 42.5 Å². The van der Waals surface area contributed by atoms with Crippen molar-refractivity contribution in [2.45, 2.75) is 32.7 Å². The van der Waals surface area contributed by atoms with Crippen LogP contribution in [0.4, 0.5) is 0 Å². The molecule has 7 aromatic rings. The lowest BCUT2D eigenvalue weighted by molar-refractivity contribution is 0.0729. The second-order valence-electron chi connectivity index (χ2n) is 11.9. The van der Waals surface area contributed by atoms with Gasteiger partial charge in [-0.2, -0.15) is 0 Å². The van der Waals surface area contributed by atoms with E-state index in [-0.39, 0.29) is 44.3 Å². The Balaban J connectivity index is 1.18. The average molecular weight is 733 g/mol. The molecule has 0 saturated heterocycles. The number of hydrogen-bond donors (Lipinski definition) is 0. The number of methoxy groups -OCH3 is 2. The van der Waals surface area contributed by atoms with E-state index in [1.807, 2.05) is 12.1 Å². The third kappa shape index (κ3) is 6.59. The summed E-state index contributed by atoms with van der Waals surface area (Å²) >= 11 is 0. The van der Waals surface area contributed by atoms with Gasteiger partial charge in [0.05, 0.1) is 40.0 Å². The SMILES string of the molecule is COc1ccc(OC)c(S(=O)(=O)c2ccc(CN(Cc3ccc(S(=O)(=O)c4cccc5cccnc45)cc3)C(=O)c3ccc4nccn4c3)cc2)c1. The molecule has 262 valence electrons. The molecule has 0 spiro atoms. The number of sulfone groups is 2. The monoisotopic (exact) mass is 732 g/mol. The first-order chi connectivity index (χ1) is 25.1. The number of imidazole rings is 1. The standard InChI is InChI=1S/C39H32N4O7S2/c1-49-31-13-18-34(50-2)36(23-31)52(47,48)33-16-10-28(11-17-33)25-43(39(44)30-12-19-37-40-21-22-42(37)26-30)24-27-8-14-32(15-9-27)51(45,46)35-7-3-5-29-6-4-20-41-38(29)35/h3-23,26H,24-25H2,1-2H3. The van der Waals surface area contributed by atoms with Gasteiger partial charge in [-0.05, 0) is 71.8 Å². The number of para-hydroxylation sites is 1. The summed E-state index contributed by atoms with van der Waals surface area (Å²) < 4.78 is 67.0. The van der Waals surface area contributed by atoms with Gasteiger partial charge in [0.1, 0.15) is 22.0 Å². The summed E-state index contributed by atoms with van der Waals surface area (Å²) in [6, 6.07) is 29.3. The number of nitrogens with zero attached hydrogens (tertiary/aromatic N) is 4. The number of rotatable bonds is 11. The van der Waals surface area contributed by atoms with E-state index >= 15 is 0 Å². The van der Waals surface area contributed by atoms with Gasteiger partial charge in [0.2, 0.25) is 19.7 Å². The molecule has 13 heteroatoms. The fraction of sp³-hybridized carbons (Fsp3) is 0.103. The minimum atomic E-state index is -3.98. The van der Waals surface area contributed by atoms with Crippen molar-refractivity contribution in [3.63, 3.8) is 0 Å². The summed E-state index contributed by atoms with van der Waals surface area (Å²) in [7, 11) is -5.02. The Morgan fingerprint density at radius 1 is 0.692 bits per heavy atom. The second kappa shape index (κ2) is 13.9. The van der Waals surface area contributed by atoms with Gasteiger partial charge in [-0.3, -0.25) is 9.78 Å². The lowest BCUT2D eigenvalue weighted by atomic mass is 10.1. The van der Waals surface area contributed by atoms with Crippen molar-refractivity contribution >= 4 is 42.1 Å². The molecule has 0 saturated carbocycles.